The number of carbonyl (C=O) groups excluding carboxylic acids is 1. The molecule has 94 valence electrons. The van der Waals surface area contributed by atoms with Gasteiger partial charge in [0.15, 0.2) is 15.6 Å². The number of Topliss-reactive ketones (excluding diaryl/α,β-unsaturated/α-hetero) is 1. The van der Waals surface area contributed by atoms with Gasteiger partial charge in [-0.2, -0.15) is 0 Å². The van der Waals surface area contributed by atoms with E-state index in [9.17, 15) is 13.2 Å². The lowest BCUT2D eigenvalue weighted by molar-refractivity contribution is 0.102. The molecule has 0 spiro atoms. The molecule has 0 heterocycles. The number of ketones is 1. The monoisotopic (exact) mass is 254 g/mol. The van der Waals surface area contributed by atoms with Crippen LogP contribution in [0.15, 0.2) is 24.3 Å². The van der Waals surface area contributed by atoms with Crippen LogP contribution >= 0.6 is 0 Å². The normalized spacial score (nSPS) is 11.8. The molecule has 0 fully saturated rings. The first kappa shape index (κ1) is 13.9. The predicted octanol–water partition coefficient (Wildman–Crippen LogP) is 2.25. The Morgan fingerprint density at radius 2 is 1.71 bits per heavy atom. The van der Waals surface area contributed by atoms with Gasteiger partial charge >= 0.3 is 0 Å². The van der Waals surface area contributed by atoms with Gasteiger partial charge < -0.3 is 0 Å². The molecule has 0 bridgehead atoms. The smallest absolute Gasteiger partial charge is 0.177 e. The minimum Gasteiger partial charge on any atom is -0.293 e. The molecule has 0 saturated heterocycles. The third-order valence-corrected chi connectivity index (χ3v) is 4.84. The second-order valence-corrected chi connectivity index (χ2v) is 6.89. The second kappa shape index (κ2) is 5.45. The molecule has 0 saturated carbocycles. The van der Waals surface area contributed by atoms with Crippen LogP contribution in [0.25, 0.3) is 0 Å². The molecule has 0 aliphatic heterocycles. The van der Waals surface area contributed by atoms with E-state index >= 15 is 0 Å². The standard InChI is InChI=1S/C13H18O3S/c1-4-11-5-7-12(8-6-11)13(14)9-17(15,16)10(2)3/h5-8,10H,4,9H2,1-3H3. The Labute approximate surface area is 103 Å². The molecular weight excluding hydrogens is 236 g/mol. The van der Waals surface area contributed by atoms with Gasteiger partial charge in [-0.15, -0.1) is 0 Å². The number of carbonyl (C=O) groups is 1. The highest BCUT2D eigenvalue weighted by molar-refractivity contribution is 7.92. The summed E-state index contributed by atoms with van der Waals surface area (Å²) >= 11 is 0. The Kier molecular flexibility index (Phi) is 4.46. The highest BCUT2D eigenvalue weighted by Crippen LogP contribution is 2.09. The Morgan fingerprint density at radius 1 is 1.18 bits per heavy atom. The average molecular weight is 254 g/mol. The van der Waals surface area contributed by atoms with Crippen molar-refractivity contribution in [2.75, 3.05) is 5.75 Å². The first-order chi connectivity index (χ1) is 7.86. The van der Waals surface area contributed by atoms with Crippen molar-refractivity contribution >= 4 is 15.6 Å². The van der Waals surface area contributed by atoms with Crippen molar-refractivity contribution in [3.05, 3.63) is 35.4 Å². The Hall–Kier alpha value is -1.16. The van der Waals surface area contributed by atoms with Crippen molar-refractivity contribution in [1.82, 2.24) is 0 Å². The van der Waals surface area contributed by atoms with E-state index in [1.54, 1.807) is 26.0 Å². The van der Waals surface area contributed by atoms with Gasteiger partial charge in [0.25, 0.3) is 0 Å². The van der Waals surface area contributed by atoms with Crippen molar-refractivity contribution < 1.29 is 13.2 Å². The molecule has 1 rings (SSSR count). The Morgan fingerprint density at radius 3 is 2.12 bits per heavy atom. The summed E-state index contributed by atoms with van der Waals surface area (Å²) in [6, 6.07) is 7.10. The molecule has 1 aromatic carbocycles. The van der Waals surface area contributed by atoms with Gasteiger partial charge in [-0.3, -0.25) is 4.79 Å². The summed E-state index contributed by atoms with van der Waals surface area (Å²) in [4.78, 5) is 11.8. The number of hydrogen-bond acceptors (Lipinski definition) is 3. The van der Waals surface area contributed by atoms with Gasteiger partial charge in [-0.1, -0.05) is 31.2 Å². The van der Waals surface area contributed by atoms with Crippen molar-refractivity contribution in [3.63, 3.8) is 0 Å². The summed E-state index contributed by atoms with van der Waals surface area (Å²) in [5, 5.41) is -0.513. The molecule has 4 heteroatoms. The van der Waals surface area contributed by atoms with Crippen LogP contribution in [0, 0.1) is 0 Å². The Balaban J connectivity index is 2.84. The fourth-order valence-corrected chi connectivity index (χ4v) is 2.22. The maximum Gasteiger partial charge on any atom is 0.177 e. The molecule has 0 aromatic heterocycles. The van der Waals surface area contributed by atoms with Crippen LogP contribution in [0.2, 0.25) is 0 Å². The molecule has 0 unspecified atom stereocenters. The number of hydrogen-bond donors (Lipinski definition) is 0. The molecule has 17 heavy (non-hydrogen) atoms. The summed E-state index contributed by atoms with van der Waals surface area (Å²) in [5.74, 6) is -0.739. The summed E-state index contributed by atoms with van der Waals surface area (Å²) in [7, 11) is -3.31. The lowest BCUT2D eigenvalue weighted by Crippen LogP contribution is -2.23. The van der Waals surface area contributed by atoms with Crippen LogP contribution in [-0.4, -0.2) is 25.2 Å². The van der Waals surface area contributed by atoms with E-state index in [1.165, 1.54) is 0 Å². The first-order valence-electron chi connectivity index (χ1n) is 5.70. The van der Waals surface area contributed by atoms with Gasteiger partial charge in [0.2, 0.25) is 0 Å². The van der Waals surface area contributed by atoms with Crippen molar-refractivity contribution in [1.29, 1.82) is 0 Å². The minimum absolute atomic E-state index is 0.332. The van der Waals surface area contributed by atoms with Gasteiger partial charge in [-0.05, 0) is 25.8 Å². The van der Waals surface area contributed by atoms with Gasteiger partial charge in [-0.25, -0.2) is 8.42 Å². The molecule has 0 radical (unpaired) electrons. The number of aryl methyl sites for hydroxylation is 1. The molecule has 1 aromatic rings. The summed E-state index contributed by atoms with van der Waals surface area (Å²) in [6.45, 7) is 5.20. The van der Waals surface area contributed by atoms with E-state index in [0.29, 0.717) is 5.56 Å². The third-order valence-electron chi connectivity index (χ3n) is 2.73. The van der Waals surface area contributed by atoms with E-state index in [0.717, 1.165) is 12.0 Å². The highest BCUT2D eigenvalue weighted by Gasteiger charge is 2.21. The molecule has 0 aliphatic rings. The summed E-state index contributed by atoms with van der Waals surface area (Å²) in [5.41, 5.74) is 1.60. The quantitative estimate of drug-likeness (QED) is 0.757. The fraction of sp³-hybridized carbons (Fsp3) is 0.462. The van der Waals surface area contributed by atoms with Gasteiger partial charge in [0, 0.05) is 5.56 Å². The van der Waals surface area contributed by atoms with Crippen LogP contribution < -0.4 is 0 Å². The van der Waals surface area contributed by atoms with Crippen LogP contribution in [0.3, 0.4) is 0 Å². The number of benzene rings is 1. The minimum atomic E-state index is -3.31. The van der Waals surface area contributed by atoms with E-state index in [-0.39, 0.29) is 5.78 Å². The fourth-order valence-electron chi connectivity index (χ4n) is 1.36. The van der Waals surface area contributed by atoms with Crippen molar-refractivity contribution in [2.24, 2.45) is 0 Å². The highest BCUT2D eigenvalue weighted by atomic mass is 32.2. The zero-order chi connectivity index (χ0) is 13.1. The molecule has 0 amide bonds. The summed E-state index contributed by atoms with van der Waals surface area (Å²) in [6.07, 6.45) is 0.902. The molecule has 0 aliphatic carbocycles. The van der Waals surface area contributed by atoms with E-state index in [1.807, 2.05) is 19.1 Å². The molecule has 3 nitrogen and oxygen atoms in total. The maximum absolute atomic E-state index is 11.8. The van der Waals surface area contributed by atoms with Crippen LogP contribution in [-0.2, 0) is 16.3 Å². The van der Waals surface area contributed by atoms with Gasteiger partial charge in [0.1, 0.15) is 5.75 Å². The second-order valence-electron chi connectivity index (χ2n) is 4.33. The third kappa shape index (κ3) is 3.66. The summed E-state index contributed by atoms with van der Waals surface area (Å²) < 4.78 is 23.2. The molecule has 0 N–H and O–H groups in total. The average Bonchev–Trinajstić information content (AvgIpc) is 2.28. The lowest BCUT2D eigenvalue weighted by Gasteiger charge is -2.07. The SMILES string of the molecule is CCc1ccc(C(=O)CS(=O)(=O)C(C)C)cc1. The first-order valence-corrected chi connectivity index (χ1v) is 7.42. The van der Waals surface area contributed by atoms with Crippen molar-refractivity contribution in [2.45, 2.75) is 32.4 Å². The van der Waals surface area contributed by atoms with Crippen LogP contribution in [0.1, 0.15) is 36.7 Å². The topological polar surface area (TPSA) is 51.2 Å². The predicted molar refractivity (Wildman–Crippen MR) is 69.1 cm³/mol. The number of rotatable bonds is 5. The van der Waals surface area contributed by atoms with E-state index in [2.05, 4.69) is 0 Å². The largest absolute Gasteiger partial charge is 0.293 e. The molecular formula is C13H18O3S. The number of sulfone groups is 1. The zero-order valence-corrected chi connectivity index (χ0v) is 11.3. The lowest BCUT2D eigenvalue weighted by atomic mass is 10.1. The van der Waals surface area contributed by atoms with E-state index < -0.39 is 20.8 Å². The van der Waals surface area contributed by atoms with Crippen LogP contribution in [0.5, 0.6) is 0 Å². The van der Waals surface area contributed by atoms with Crippen LogP contribution in [0.4, 0.5) is 0 Å². The molecule has 0 atom stereocenters. The maximum atomic E-state index is 11.8. The van der Waals surface area contributed by atoms with Gasteiger partial charge in [0.05, 0.1) is 5.25 Å². The zero-order valence-electron chi connectivity index (χ0n) is 10.4. The van der Waals surface area contributed by atoms with Crippen molar-refractivity contribution in [3.8, 4) is 0 Å². The van der Waals surface area contributed by atoms with E-state index in [4.69, 9.17) is 0 Å². The Bertz CT molecular complexity index is 484.